The Bertz CT molecular complexity index is 418. The molecule has 2 unspecified atom stereocenters. The molecule has 2 atom stereocenters. The van der Waals surface area contributed by atoms with E-state index >= 15 is 0 Å². The van der Waals surface area contributed by atoms with Gasteiger partial charge in [-0.05, 0) is 26.0 Å². The van der Waals surface area contributed by atoms with Gasteiger partial charge in [0.2, 0.25) is 11.8 Å². The molecule has 16 heavy (non-hydrogen) atoms. The van der Waals surface area contributed by atoms with Crippen LogP contribution >= 0.6 is 0 Å². The highest BCUT2D eigenvalue weighted by Gasteiger charge is 2.36. The van der Waals surface area contributed by atoms with Crippen molar-refractivity contribution < 1.29 is 9.59 Å². The number of nitrogens with zero attached hydrogens (tertiary/aromatic N) is 2. The number of amides is 2. The fourth-order valence-corrected chi connectivity index (χ4v) is 1.76. The van der Waals surface area contributed by atoms with Gasteiger partial charge in [0.15, 0.2) is 0 Å². The van der Waals surface area contributed by atoms with Crippen LogP contribution in [-0.2, 0) is 9.59 Å². The minimum atomic E-state index is -0.493. The molecular weight excluding hydrogens is 206 g/mol. The van der Waals surface area contributed by atoms with Crippen LogP contribution in [0.15, 0.2) is 24.5 Å². The van der Waals surface area contributed by atoms with Crippen molar-refractivity contribution in [1.29, 1.82) is 0 Å². The SMILES string of the molecule is CC1NC(=O)C(C)N(c2cccnc2)C1=O. The molecule has 2 amide bonds. The second kappa shape index (κ2) is 3.92. The topological polar surface area (TPSA) is 62.3 Å². The Labute approximate surface area is 93.5 Å². The van der Waals surface area contributed by atoms with Crippen LogP contribution in [0.4, 0.5) is 5.69 Å². The number of anilines is 1. The van der Waals surface area contributed by atoms with E-state index in [0.717, 1.165) is 0 Å². The van der Waals surface area contributed by atoms with Crippen LogP contribution in [-0.4, -0.2) is 28.9 Å². The number of aromatic nitrogens is 1. The van der Waals surface area contributed by atoms with Crippen LogP contribution in [0.25, 0.3) is 0 Å². The molecule has 1 N–H and O–H groups in total. The maximum Gasteiger partial charge on any atom is 0.250 e. The third-order valence-electron chi connectivity index (χ3n) is 2.66. The van der Waals surface area contributed by atoms with E-state index in [4.69, 9.17) is 0 Å². The molecule has 0 bridgehead atoms. The average molecular weight is 219 g/mol. The molecule has 1 aliphatic heterocycles. The highest BCUT2D eigenvalue weighted by atomic mass is 16.2. The van der Waals surface area contributed by atoms with Crippen LogP contribution in [0.1, 0.15) is 13.8 Å². The summed E-state index contributed by atoms with van der Waals surface area (Å²) in [6.07, 6.45) is 3.21. The number of carbonyl (C=O) groups is 2. The van der Waals surface area contributed by atoms with E-state index in [-0.39, 0.29) is 11.8 Å². The highest BCUT2D eigenvalue weighted by Crippen LogP contribution is 2.19. The Morgan fingerprint density at radius 2 is 2.12 bits per heavy atom. The normalized spacial score (nSPS) is 25.5. The number of hydrogen-bond donors (Lipinski definition) is 1. The number of nitrogens with one attached hydrogen (secondary N) is 1. The lowest BCUT2D eigenvalue weighted by Crippen LogP contribution is -2.61. The van der Waals surface area contributed by atoms with Crippen LogP contribution in [0, 0.1) is 0 Å². The predicted molar refractivity (Wildman–Crippen MR) is 58.8 cm³/mol. The number of piperazine rings is 1. The average Bonchev–Trinajstić information content (AvgIpc) is 2.28. The van der Waals surface area contributed by atoms with E-state index in [9.17, 15) is 9.59 Å². The first-order valence-corrected chi connectivity index (χ1v) is 5.14. The van der Waals surface area contributed by atoms with E-state index in [1.54, 1.807) is 38.4 Å². The summed E-state index contributed by atoms with van der Waals surface area (Å²) in [6.45, 7) is 3.38. The number of hydrogen-bond acceptors (Lipinski definition) is 3. The molecule has 1 aromatic heterocycles. The summed E-state index contributed by atoms with van der Waals surface area (Å²) in [5.74, 6) is -0.254. The Morgan fingerprint density at radius 3 is 2.75 bits per heavy atom. The van der Waals surface area contributed by atoms with Crippen molar-refractivity contribution >= 4 is 17.5 Å². The largest absolute Gasteiger partial charge is 0.343 e. The summed E-state index contributed by atoms with van der Waals surface area (Å²) in [5, 5.41) is 2.63. The van der Waals surface area contributed by atoms with E-state index in [1.165, 1.54) is 4.90 Å². The Kier molecular flexibility index (Phi) is 2.60. The predicted octanol–water partition coefficient (Wildman–Crippen LogP) is 0.321. The summed E-state index contributed by atoms with van der Waals surface area (Å²) in [4.78, 5) is 29.0. The molecule has 5 nitrogen and oxygen atoms in total. The molecule has 0 radical (unpaired) electrons. The van der Waals surface area contributed by atoms with Gasteiger partial charge < -0.3 is 5.32 Å². The van der Waals surface area contributed by atoms with Gasteiger partial charge in [-0.2, -0.15) is 0 Å². The molecule has 1 fully saturated rings. The standard InChI is InChI=1S/C11H13N3O2/c1-7-11(16)14(8(2)10(15)13-7)9-4-3-5-12-6-9/h3-8H,1-2H3,(H,13,15). The van der Waals surface area contributed by atoms with Crippen molar-refractivity contribution in [3.05, 3.63) is 24.5 Å². The summed E-state index contributed by atoms with van der Waals surface area (Å²) >= 11 is 0. The Hall–Kier alpha value is -1.91. The molecule has 2 rings (SSSR count). The van der Waals surface area contributed by atoms with Crippen molar-refractivity contribution in [3.63, 3.8) is 0 Å². The maximum atomic E-state index is 12.0. The number of rotatable bonds is 1. The van der Waals surface area contributed by atoms with Crippen molar-refractivity contribution in [2.45, 2.75) is 25.9 Å². The van der Waals surface area contributed by atoms with Gasteiger partial charge in [-0.15, -0.1) is 0 Å². The molecule has 0 aliphatic carbocycles. The minimum Gasteiger partial charge on any atom is -0.343 e. The molecule has 0 aromatic carbocycles. The van der Waals surface area contributed by atoms with E-state index < -0.39 is 12.1 Å². The second-order valence-electron chi connectivity index (χ2n) is 3.83. The van der Waals surface area contributed by atoms with Gasteiger partial charge in [0.1, 0.15) is 12.1 Å². The summed E-state index contributed by atoms with van der Waals surface area (Å²) < 4.78 is 0. The Balaban J connectivity index is 2.37. The molecule has 1 saturated heterocycles. The van der Waals surface area contributed by atoms with Gasteiger partial charge in [-0.25, -0.2) is 0 Å². The zero-order chi connectivity index (χ0) is 11.7. The van der Waals surface area contributed by atoms with Crippen molar-refractivity contribution in [2.24, 2.45) is 0 Å². The first-order chi connectivity index (χ1) is 7.61. The number of pyridine rings is 1. The minimum absolute atomic E-state index is 0.111. The quantitative estimate of drug-likeness (QED) is 0.740. The molecule has 2 heterocycles. The summed E-state index contributed by atoms with van der Waals surface area (Å²) in [6, 6.07) is 2.54. The van der Waals surface area contributed by atoms with Crippen LogP contribution in [0.5, 0.6) is 0 Å². The van der Waals surface area contributed by atoms with Gasteiger partial charge in [-0.1, -0.05) is 0 Å². The fourth-order valence-electron chi connectivity index (χ4n) is 1.76. The van der Waals surface area contributed by atoms with Gasteiger partial charge in [-0.3, -0.25) is 19.5 Å². The van der Waals surface area contributed by atoms with E-state index in [1.807, 2.05) is 0 Å². The molecule has 0 saturated carbocycles. The zero-order valence-corrected chi connectivity index (χ0v) is 9.18. The lowest BCUT2D eigenvalue weighted by atomic mass is 10.1. The summed E-state index contributed by atoms with van der Waals surface area (Å²) in [5.41, 5.74) is 0.654. The monoisotopic (exact) mass is 219 g/mol. The van der Waals surface area contributed by atoms with Crippen molar-refractivity contribution in [3.8, 4) is 0 Å². The van der Waals surface area contributed by atoms with Crippen LogP contribution < -0.4 is 10.2 Å². The molecule has 84 valence electrons. The second-order valence-corrected chi connectivity index (χ2v) is 3.83. The molecule has 5 heteroatoms. The maximum absolute atomic E-state index is 12.0. The molecular formula is C11H13N3O2. The van der Waals surface area contributed by atoms with Crippen molar-refractivity contribution in [1.82, 2.24) is 10.3 Å². The van der Waals surface area contributed by atoms with Crippen molar-refractivity contribution in [2.75, 3.05) is 4.90 Å². The van der Waals surface area contributed by atoms with E-state index in [2.05, 4.69) is 10.3 Å². The van der Waals surface area contributed by atoms with Crippen LogP contribution in [0.2, 0.25) is 0 Å². The summed E-state index contributed by atoms with van der Waals surface area (Å²) in [7, 11) is 0. The molecule has 1 aliphatic rings. The first-order valence-electron chi connectivity index (χ1n) is 5.14. The lowest BCUT2D eigenvalue weighted by molar-refractivity contribution is -0.133. The molecule has 0 spiro atoms. The Morgan fingerprint density at radius 1 is 1.38 bits per heavy atom. The van der Waals surface area contributed by atoms with Gasteiger partial charge in [0, 0.05) is 6.20 Å². The first kappa shape index (κ1) is 10.6. The van der Waals surface area contributed by atoms with Crippen LogP contribution in [0.3, 0.4) is 0 Å². The fraction of sp³-hybridized carbons (Fsp3) is 0.364. The van der Waals surface area contributed by atoms with Gasteiger partial charge in [0.25, 0.3) is 0 Å². The third kappa shape index (κ3) is 1.64. The van der Waals surface area contributed by atoms with Gasteiger partial charge >= 0.3 is 0 Å². The zero-order valence-electron chi connectivity index (χ0n) is 9.18. The third-order valence-corrected chi connectivity index (χ3v) is 2.66. The molecule has 1 aromatic rings. The highest BCUT2D eigenvalue weighted by molar-refractivity contribution is 6.07. The van der Waals surface area contributed by atoms with Gasteiger partial charge in [0.05, 0.1) is 11.9 Å². The smallest absolute Gasteiger partial charge is 0.250 e. The van der Waals surface area contributed by atoms with E-state index in [0.29, 0.717) is 5.69 Å². The number of carbonyl (C=O) groups excluding carboxylic acids is 2. The lowest BCUT2D eigenvalue weighted by Gasteiger charge is -2.35.